The first kappa shape index (κ1) is 17.1. The van der Waals surface area contributed by atoms with Crippen LogP contribution in [0.15, 0.2) is 58.7 Å². The quantitative estimate of drug-likeness (QED) is 0.598. The lowest BCUT2D eigenvalue weighted by Gasteiger charge is -2.12. The first-order valence-electron chi connectivity index (χ1n) is 7.94. The van der Waals surface area contributed by atoms with Gasteiger partial charge in [-0.25, -0.2) is 4.98 Å². The molecule has 1 aromatic carbocycles. The molecule has 5 heteroatoms. The zero-order valence-electron chi connectivity index (χ0n) is 14.0. The van der Waals surface area contributed by atoms with Gasteiger partial charge in [-0.2, -0.15) is 0 Å². The number of nitrogens with zero attached hydrogens (tertiary/aromatic N) is 3. The summed E-state index contributed by atoms with van der Waals surface area (Å²) in [5, 5.41) is 1.93. The van der Waals surface area contributed by atoms with Crippen LogP contribution in [0.4, 0.5) is 0 Å². The third kappa shape index (κ3) is 3.82. The Bertz CT molecular complexity index is 828. The first-order valence-corrected chi connectivity index (χ1v) is 9.13. The Morgan fingerprint density at radius 1 is 1.17 bits per heavy atom. The Balaban J connectivity index is 2.01. The van der Waals surface area contributed by atoms with Crippen molar-refractivity contribution in [3.8, 4) is 0 Å². The second-order valence-corrected chi connectivity index (χ2v) is 7.50. The normalized spacial score (nSPS) is 11.2. The Morgan fingerprint density at radius 3 is 2.58 bits per heavy atom. The molecule has 2 aromatic heterocycles. The van der Waals surface area contributed by atoms with Gasteiger partial charge in [0.1, 0.15) is 10.9 Å². The molecular weight excluding hydrogens is 338 g/mol. The van der Waals surface area contributed by atoms with E-state index in [0.717, 1.165) is 28.0 Å². The molecule has 0 saturated carbocycles. The van der Waals surface area contributed by atoms with Crippen LogP contribution in [0.3, 0.4) is 0 Å². The topological polar surface area (TPSA) is 30.7 Å². The maximum absolute atomic E-state index is 6.15. The lowest BCUT2D eigenvalue weighted by Crippen LogP contribution is -2.04. The predicted molar refractivity (Wildman–Crippen MR) is 100.0 cm³/mol. The van der Waals surface area contributed by atoms with Gasteiger partial charge in [-0.1, -0.05) is 43.3 Å². The van der Waals surface area contributed by atoms with Gasteiger partial charge in [-0.05, 0) is 48.7 Å². The Hall–Kier alpha value is -1.78. The summed E-state index contributed by atoms with van der Waals surface area (Å²) >= 11 is 7.87. The number of hydrogen-bond donors (Lipinski definition) is 0. The van der Waals surface area contributed by atoms with Crippen LogP contribution in [0.1, 0.15) is 36.8 Å². The van der Waals surface area contributed by atoms with Crippen LogP contribution < -0.4 is 0 Å². The van der Waals surface area contributed by atoms with E-state index in [2.05, 4.69) is 36.4 Å². The van der Waals surface area contributed by atoms with Gasteiger partial charge in [0.25, 0.3) is 0 Å². The predicted octanol–water partition coefficient (Wildman–Crippen LogP) is 5.56. The van der Waals surface area contributed by atoms with Crippen molar-refractivity contribution >= 4 is 23.4 Å². The highest BCUT2D eigenvalue weighted by Gasteiger charge is 2.18. The molecule has 0 saturated heterocycles. The van der Waals surface area contributed by atoms with E-state index >= 15 is 0 Å². The highest BCUT2D eigenvalue weighted by Crippen LogP contribution is 2.36. The van der Waals surface area contributed by atoms with Crippen LogP contribution in [-0.2, 0) is 6.54 Å². The average Bonchev–Trinajstić information content (AvgIpc) is 2.85. The van der Waals surface area contributed by atoms with Gasteiger partial charge in [-0.3, -0.25) is 4.98 Å². The van der Waals surface area contributed by atoms with E-state index in [1.54, 1.807) is 11.8 Å². The molecular formula is C19H20ClN3S. The molecule has 2 heterocycles. The molecule has 0 spiro atoms. The maximum atomic E-state index is 6.15. The van der Waals surface area contributed by atoms with Crippen LogP contribution in [-0.4, -0.2) is 14.5 Å². The van der Waals surface area contributed by atoms with Gasteiger partial charge < -0.3 is 4.57 Å². The third-order valence-electron chi connectivity index (χ3n) is 3.78. The number of halogens is 1. The molecule has 0 fully saturated rings. The van der Waals surface area contributed by atoms with Crippen molar-refractivity contribution in [3.63, 3.8) is 0 Å². The van der Waals surface area contributed by atoms with Gasteiger partial charge in [0.2, 0.25) is 0 Å². The Labute approximate surface area is 152 Å². The Kier molecular flexibility index (Phi) is 5.27. The number of rotatable bonds is 5. The average molecular weight is 358 g/mol. The lowest BCUT2D eigenvalue weighted by atomic mass is 10.1. The minimum Gasteiger partial charge on any atom is -0.318 e. The maximum Gasteiger partial charge on any atom is 0.107 e. The molecule has 3 nitrogen and oxygen atoms in total. The number of benzene rings is 1. The monoisotopic (exact) mass is 357 g/mol. The number of aromatic nitrogens is 3. The Morgan fingerprint density at radius 2 is 1.92 bits per heavy atom. The standard InChI is InChI=1S/C19H20ClN3S/c1-13(2)18-19(24-17-6-4-5-16(20)11-17)23(14(3)22-18)12-15-7-9-21-10-8-15/h4-11,13H,12H2,1-3H3. The number of imidazole rings is 1. The van der Waals surface area contributed by atoms with Gasteiger partial charge >= 0.3 is 0 Å². The molecule has 0 radical (unpaired) electrons. The summed E-state index contributed by atoms with van der Waals surface area (Å²) in [7, 11) is 0. The fourth-order valence-corrected chi connectivity index (χ4v) is 4.05. The molecule has 0 N–H and O–H groups in total. The molecule has 3 rings (SSSR count). The summed E-state index contributed by atoms with van der Waals surface area (Å²) in [5.74, 6) is 1.39. The van der Waals surface area contributed by atoms with Crippen molar-refractivity contribution in [1.82, 2.24) is 14.5 Å². The smallest absolute Gasteiger partial charge is 0.107 e. The minimum absolute atomic E-state index is 0.365. The third-order valence-corrected chi connectivity index (χ3v) is 5.13. The van der Waals surface area contributed by atoms with Crippen molar-refractivity contribution in [2.75, 3.05) is 0 Å². The van der Waals surface area contributed by atoms with E-state index in [0.29, 0.717) is 5.92 Å². The molecule has 0 amide bonds. The summed E-state index contributed by atoms with van der Waals surface area (Å²) in [5.41, 5.74) is 2.35. The summed E-state index contributed by atoms with van der Waals surface area (Å²) in [6, 6.07) is 12.0. The van der Waals surface area contributed by atoms with E-state index in [9.17, 15) is 0 Å². The van der Waals surface area contributed by atoms with E-state index < -0.39 is 0 Å². The molecule has 0 bridgehead atoms. The number of aryl methyl sites for hydroxylation is 1. The second-order valence-electron chi connectivity index (χ2n) is 6.01. The largest absolute Gasteiger partial charge is 0.318 e. The van der Waals surface area contributed by atoms with E-state index in [1.807, 2.05) is 42.7 Å². The second kappa shape index (κ2) is 7.41. The highest BCUT2D eigenvalue weighted by atomic mass is 35.5. The van der Waals surface area contributed by atoms with E-state index in [4.69, 9.17) is 16.6 Å². The zero-order chi connectivity index (χ0) is 17.1. The van der Waals surface area contributed by atoms with Crippen LogP contribution in [0.2, 0.25) is 5.02 Å². The van der Waals surface area contributed by atoms with Crippen molar-refractivity contribution in [1.29, 1.82) is 0 Å². The minimum atomic E-state index is 0.365. The molecule has 0 aliphatic rings. The highest BCUT2D eigenvalue weighted by molar-refractivity contribution is 7.99. The molecule has 0 atom stereocenters. The van der Waals surface area contributed by atoms with Gasteiger partial charge in [-0.15, -0.1) is 0 Å². The summed E-state index contributed by atoms with van der Waals surface area (Å²) in [6.45, 7) is 7.22. The molecule has 3 aromatic rings. The lowest BCUT2D eigenvalue weighted by molar-refractivity contribution is 0.689. The van der Waals surface area contributed by atoms with Gasteiger partial charge in [0.05, 0.1) is 5.69 Å². The van der Waals surface area contributed by atoms with Crippen LogP contribution in [0, 0.1) is 6.92 Å². The molecule has 24 heavy (non-hydrogen) atoms. The molecule has 0 aliphatic carbocycles. The van der Waals surface area contributed by atoms with E-state index in [-0.39, 0.29) is 0 Å². The van der Waals surface area contributed by atoms with Crippen LogP contribution in [0.25, 0.3) is 0 Å². The number of pyridine rings is 1. The van der Waals surface area contributed by atoms with Crippen molar-refractivity contribution < 1.29 is 0 Å². The SMILES string of the molecule is Cc1nc(C(C)C)c(Sc2cccc(Cl)c2)n1Cc1ccncc1. The molecule has 124 valence electrons. The summed E-state index contributed by atoms with van der Waals surface area (Å²) in [4.78, 5) is 10.0. The number of hydrogen-bond acceptors (Lipinski definition) is 3. The van der Waals surface area contributed by atoms with Crippen molar-refractivity contribution in [2.45, 2.75) is 43.2 Å². The fourth-order valence-electron chi connectivity index (χ4n) is 2.55. The zero-order valence-corrected chi connectivity index (χ0v) is 15.6. The van der Waals surface area contributed by atoms with Gasteiger partial charge in [0, 0.05) is 28.9 Å². The summed E-state index contributed by atoms with van der Waals surface area (Å²) < 4.78 is 2.27. The van der Waals surface area contributed by atoms with Crippen molar-refractivity contribution in [3.05, 3.63) is 70.9 Å². The first-order chi connectivity index (χ1) is 11.5. The van der Waals surface area contributed by atoms with Crippen molar-refractivity contribution in [2.24, 2.45) is 0 Å². The van der Waals surface area contributed by atoms with E-state index in [1.165, 1.54) is 10.6 Å². The van der Waals surface area contributed by atoms with Crippen LogP contribution >= 0.6 is 23.4 Å². The fraction of sp³-hybridized carbons (Fsp3) is 0.263. The van der Waals surface area contributed by atoms with Crippen LogP contribution in [0.5, 0.6) is 0 Å². The molecule has 0 aliphatic heterocycles. The van der Waals surface area contributed by atoms with Gasteiger partial charge in [0.15, 0.2) is 0 Å². The summed E-state index contributed by atoms with van der Waals surface area (Å²) in [6.07, 6.45) is 3.66. The molecule has 0 unspecified atom stereocenters.